The molecule has 0 aliphatic rings. The predicted octanol–water partition coefficient (Wildman–Crippen LogP) is 3.96. The number of aromatic amines is 1. The number of amides is 1. The first-order chi connectivity index (χ1) is 10.1. The van der Waals surface area contributed by atoms with Crippen LogP contribution in [0.5, 0.6) is 0 Å². The molecule has 0 saturated carbocycles. The Morgan fingerprint density at radius 3 is 2.90 bits per heavy atom. The minimum absolute atomic E-state index is 0.174. The maximum absolute atomic E-state index is 12.5. The molecule has 21 heavy (non-hydrogen) atoms. The molecule has 0 bridgehead atoms. The number of benzene rings is 1. The van der Waals surface area contributed by atoms with Gasteiger partial charge in [-0.05, 0) is 48.0 Å². The van der Waals surface area contributed by atoms with Gasteiger partial charge < -0.3 is 9.88 Å². The van der Waals surface area contributed by atoms with Crippen LogP contribution < -0.4 is 5.32 Å². The Hall–Kier alpha value is -2.08. The summed E-state index contributed by atoms with van der Waals surface area (Å²) >= 11 is 3.41. The van der Waals surface area contributed by atoms with E-state index in [4.69, 9.17) is 0 Å². The van der Waals surface area contributed by atoms with E-state index in [2.05, 4.69) is 31.4 Å². The Labute approximate surface area is 130 Å². The number of carbonyl (C=O) groups is 1. The van der Waals surface area contributed by atoms with Gasteiger partial charge in [0.15, 0.2) is 5.82 Å². The standard InChI is InChI=1S/C15H15BrN4O/c1-9(2)20-8-10(16)7-13(20)15(21)17-14-11-5-3-4-6-12(11)18-19-14/h3-9H,1-2H3,(H2,17,18,19,21). The van der Waals surface area contributed by atoms with Gasteiger partial charge in [-0.15, -0.1) is 0 Å². The third kappa shape index (κ3) is 2.58. The SMILES string of the molecule is CC(C)n1cc(Br)cc1C(=O)Nc1n[nH]c2ccccc12. The smallest absolute Gasteiger partial charge is 0.273 e. The number of hydrogen-bond donors (Lipinski definition) is 2. The van der Waals surface area contributed by atoms with E-state index in [1.54, 1.807) is 0 Å². The summed E-state index contributed by atoms with van der Waals surface area (Å²) in [5.74, 6) is 0.370. The van der Waals surface area contributed by atoms with E-state index in [0.717, 1.165) is 15.4 Å². The van der Waals surface area contributed by atoms with Gasteiger partial charge in [-0.2, -0.15) is 5.10 Å². The normalized spacial score (nSPS) is 11.2. The highest BCUT2D eigenvalue weighted by Crippen LogP contribution is 2.23. The number of nitrogens with one attached hydrogen (secondary N) is 2. The van der Waals surface area contributed by atoms with E-state index in [9.17, 15) is 4.79 Å². The van der Waals surface area contributed by atoms with Crippen LogP contribution in [0.3, 0.4) is 0 Å². The zero-order chi connectivity index (χ0) is 15.0. The zero-order valence-corrected chi connectivity index (χ0v) is 13.3. The van der Waals surface area contributed by atoms with Crippen LogP contribution in [0, 0.1) is 0 Å². The number of H-pyrrole nitrogens is 1. The van der Waals surface area contributed by atoms with E-state index in [1.807, 2.05) is 54.9 Å². The van der Waals surface area contributed by atoms with Crippen molar-refractivity contribution in [2.24, 2.45) is 0 Å². The molecular weight excluding hydrogens is 332 g/mol. The molecule has 6 heteroatoms. The summed E-state index contributed by atoms with van der Waals surface area (Å²) in [6.07, 6.45) is 1.90. The van der Waals surface area contributed by atoms with E-state index in [-0.39, 0.29) is 11.9 Å². The van der Waals surface area contributed by atoms with Crippen molar-refractivity contribution in [3.8, 4) is 0 Å². The van der Waals surface area contributed by atoms with Gasteiger partial charge in [0.2, 0.25) is 0 Å². The maximum atomic E-state index is 12.5. The maximum Gasteiger partial charge on any atom is 0.273 e. The highest BCUT2D eigenvalue weighted by Gasteiger charge is 2.17. The molecule has 0 atom stereocenters. The van der Waals surface area contributed by atoms with Gasteiger partial charge >= 0.3 is 0 Å². The predicted molar refractivity (Wildman–Crippen MR) is 86.6 cm³/mol. The minimum atomic E-state index is -0.174. The highest BCUT2D eigenvalue weighted by molar-refractivity contribution is 9.10. The minimum Gasteiger partial charge on any atom is -0.340 e. The monoisotopic (exact) mass is 346 g/mol. The Kier molecular flexibility index (Phi) is 3.55. The van der Waals surface area contributed by atoms with E-state index in [1.165, 1.54) is 0 Å². The molecule has 108 valence electrons. The quantitative estimate of drug-likeness (QED) is 0.753. The lowest BCUT2D eigenvalue weighted by molar-refractivity contribution is 0.101. The van der Waals surface area contributed by atoms with Crippen molar-refractivity contribution in [3.63, 3.8) is 0 Å². The first-order valence-corrected chi connectivity index (χ1v) is 7.47. The molecule has 0 aliphatic heterocycles. The van der Waals surface area contributed by atoms with E-state index in [0.29, 0.717) is 11.5 Å². The Morgan fingerprint density at radius 1 is 1.38 bits per heavy atom. The number of aromatic nitrogens is 3. The number of nitrogens with zero attached hydrogens (tertiary/aromatic N) is 2. The fraction of sp³-hybridized carbons (Fsp3) is 0.200. The summed E-state index contributed by atoms with van der Waals surface area (Å²) in [6, 6.07) is 9.70. The van der Waals surface area contributed by atoms with Crippen molar-refractivity contribution in [1.82, 2.24) is 14.8 Å². The van der Waals surface area contributed by atoms with Crippen LogP contribution in [0.25, 0.3) is 10.9 Å². The highest BCUT2D eigenvalue weighted by atomic mass is 79.9. The lowest BCUT2D eigenvalue weighted by Crippen LogP contribution is -2.18. The van der Waals surface area contributed by atoms with Gasteiger partial charge in [-0.3, -0.25) is 9.89 Å². The van der Waals surface area contributed by atoms with Crippen LogP contribution in [-0.2, 0) is 0 Å². The molecule has 0 spiro atoms. The van der Waals surface area contributed by atoms with Crippen molar-refractivity contribution in [1.29, 1.82) is 0 Å². The molecule has 0 radical (unpaired) electrons. The van der Waals surface area contributed by atoms with Crippen molar-refractivity contribution in [2.75, 3.05) is 5.32 Å². The number of hydrogen-bond acceptors (Lipinski definition) is 2. The fourth-order valence-corrected chi connectivity index (χ4v) is 2.72. The number of carbonyl (C=O) groups excluding carboxylic acids is 1. The topological polar surface area (TPSA) is 62.7 Å². The Bertz CT molecular complexity index is 803. The van der Waals surface area contributed by atoms with Gasteiger partial charge in [0.25, 0.3) is 5.91 Å². The molecule has 2 heterocycles. The van der Waals surface area contributed by atoms with Gasteiger partial charge in [0.1, 0.15) is 5.69 Å². The number of fused-ring (bicyclic) bond motifs is 1. The number of rotatable bonds is 3. The molecule has 5 nitrogen and oxygen atoms in total. The summed E-state index contributed by atoms with van der Waals surface area (Å²) < 4.78 is 2.81. The second-order valence-electron chi connectivity index (χ2n) is 5.12. The average Bonchev–Trinajstić information content (AvgIpc) is 3.03. The van der Waals surface area contributed by atoms with Crippen LogP contribution in [0.2, 0.25) is 0 Å². The number of para-hydroxylation sites is 1. The fourth-order valence-electron chi connectivity index (χ4n) is 2.29. The van der Waals surface area contributed by atoms with Gasteiger partial charge in [0.05, 0.1) is 5.52 Å². The van der Waals surface area contributed by atoms with Crippen molar-refractivity contribution in [3.05, 3.63) is 46.7 Å². The van der Waals surface area contributed by atoms with Crippen LogP contribution >= 0.6 is 15.9 Å². The van der Waals surface area contributed by atoms with E-state index < -0.39 is 0 Å². The Balaban J connectivity index is 1.93. The molecule has 1 aromatic carbocycles. The molecular formula is C15H15BrN4O. The number of anilines is 1. The molecule has 3 aromatic rings. The van der Waals surface area contributed by atoms with Crippen molar-refractivity contribution in [2.45, 2.75) is 19.9 Å². The first-order valence-electron chi connectivity index (χ1n) is 6.68. The third-order valence-corrected chi connectivity index (χ3v) is 3.74. The summed E-state index contributed by atoms with van der Waals surface area (Å²) in [6.45, 7) is 4.07. The third-order valence-electron chi connectivity index (χ3n) is 3.31. The van der Waals surface area contributed by atoms with Crippen LogP contribution in [0.1, 0.15) is 30.4 Å². The Morgan fingerprint density at radius 2 is 2.14 bits per heavy atom. The molecule has 2 aromatic heterocycles. The van der Waals surface area contributed by atoms with Crippen molar-refractivity contribution < 1.29 is 4.79 Å². The van der Waals surface area contributed by atoms with Gasteiger partial charge in [-0.1, -0.05) is 12.1 Å². The zero-order valence-electron chi connectivity index (χ0n) is 11.7. The van der Waals surface area contributed by atoms with Crippen LogP contribution in [-0.4, -0.2) is 20.7 Å². The molecule has 2 N–H and O–H groups in total. The average molecular weight is 347 g/mol. The molecule has 0 unspecified atom stereocenters. The second kappa shape index (κ2) is 5.37. The second-order valence-corrected chi connectivity index (χ2v) is 6.03. The van der Waals surface area contributed by atoms with Crippen molar-refractivity contribution >= 4 is 38.6 Å². The lowest BCUT2D eigenvalue weighted by atomic mass is 10.2. The van der Waals surface area contributed by atoms with Crippen LogP contribution in [0.4, 0.5) is 5.82 Å². The first kappa shape index (κ1) is 13.9. The molecule has 0 fully saturated rings. The van der Waals surface area contributed by atoms with Crippen LogP contribution in [0.15, 0.2) is 41.0 Å². The molecule has 0 aliphatic carbocycles. The molecule has 1 amide bonds. The number of halogens is 1. The summed E-state index contributed by atoms with van der Waals surface area (Å²) in [4.78, 5) is 12.5. The van der Waals surface area contributed by atoms with Gasteiger partial charge in [0, 0.05) is 22.1 Å². The lowest BCUT2D eigenvalue weighted by Gasteiger charge is -2.12. The molecule has 3 rings (SSSR count). The largest absolute Gasteiger partial charge is 0.340 e. The summed E-state index contributed by atoms with van der Waals surface area (Å²) in [5, 5.41) is 10.8. The molecule has 0 saturated heterocycles. The van der Waals surface area contributed by atoms with Gasteiger partial charge in [-0.25, -0.2) is 0 Å². The summed E-state index contributed by atoms with van der Waals surface area (Å²) in [5.41, 5.74) is 1.50. The summed E-state index contributed by atoms with van der Waals surface area (Å²) in [7, 11) is 0. The van der Waals surface area contributed by atoms with E-state index >= 15 is 0 Å².